The van der Waals surface area contributed by atoms with Crippen molar-refractivity contribution in [2.75, 3.05) is 11.9 Å². The van der Waals surface area contributed by atoms with E-state index in [0.29, 0.717) is 11.7 Å². The molecule has 0 amide bonds. The Hall–Kier alpha value is -1.70. The minimum absolute atomic E-state index is 0.225. The van der Waals surface area contributed by atoms with E-state index in [1.165, 1.54) is 0 Å². The lowest BCUT2D eigenvalue weighted by atomic mass is 10.2. The van der Waals surface area contributed by atoms with Crippen molar-refractivity contribution in [2.45, 2.75) is 29.7 Å². The van der Waals surface area contributed by atoms with E-state index in [2.05, 4.69) is 15.3 Å². The van der Waals surface area contributed by atoms with E-state index in [0.717, 1.165) is 30.3 Å². The molecule has 0 aromatic carbocycles. The molecule has 0 spiro atoms. The number of hydrogen-bond donors (Lipinski definition) is 1. The van der Waals surface area contributed by atoms with E-state index in [4.69, 9.17) is 0 Å². The number of nitrogens with zero attached hydrogens (tertiary/aromatic N) is 3. The second-order valence-corrected chi connectivity index (χ2v) is 5.41. The molecule has 0 radical (unpaired) electrons. The Morgan fingerprint density at radius 2 is 2.10 bits per heavy atom. The van der Waals surface area contributed by atoms with Crippen LogP contribution in [0.15, 0.2) is 34.7 Å². The summed E-state index contributed by atoms with van der Waals surface area (Å²) in [7, 11) is 1.78. The van der Waals surface area contributed by atoms with Crippen molar-refractivity contribution in [3.05, 3.63) is 30.1 Å². The zero-order valence-electron chi connectivity index (χ0n) is 11.6. The van der Waals surface area contributed by atoms with Crippen LogP contribution in [0.1, 0.15) is 18.9 Å². The fourth-order valence-corrected chi connectivity index (χ4v) is 2.44. The molecule has 0 aliphatic carbocycles. The van der Waals surface area contributed by atoms with Gasteiger partial charge in [-0.1, -0.05) is 6.92 Å². The molecule has 0 bridgehead atoms. The van der Waals surface area contributed by atoms with E-state index < -0.39 is 11.7 Å². The molecular formula is C13H15F3N4S. The van der Waals surface area contributed by atoms with Gasteiger partial charge in [0.2, 0.25) is 0 Å². The number of aromatic nitrogens is 3. The number of aryl methyl sites for hydroxylation is 1. The monoisotopic (exact) mass is 316 g/mol. The second kappa shape index (κ2) is 6.38. The number of halogens is 3. The van der Waals surface area contributed by atoms with Gasteiger partial charge in [-0.15, -0.1) is 0 Å². The summed E-state index contributed by atoms with van der Waals surface area (Å²) in [5, 5.41) is 3.74. The number of hydrogen-bond acceptors (Lipinski definition) is 4. The van der Waals surface area contributed by atoms with Crippen LogP contribution in [-0.2, 0) is 13.2 Å². The molecular weight excluding hydrogens is 301 g/mol. The molecule has 0 aliphatic rings. The van der Waals surface area contributed by atoms with E-state index in [9.17, 15) is 13.2 Å². The summed E-state index contributed by atoms with van der Waals surface area (Å²) in [6.07, 6.45) is -0.277. The van der Waals surface area contributed by atoms with Crippen LogP contribution >= 0.6 is 11.8 Å². The third kappa shape index (κ3) is 4.13. The van der Waals surface area contributed by atoms with Gasteiger partial charge < -0.3 is 9.88 Å². The van der Waals surface area contributed by atoms with Crippen molar-refractivity contribution in [3.63, 3.8) is 0 Å². The summed E-state index contributed by atoms with van der Waals surface area (Å²) in [6, 6.07) is 2.06. The van der Waals surface area contributed by atoms with Gasteiger partial charge in [0.15, 0.2) is 5.16 Å². The summed E-state index contributed by atoms with van der Waals surface area (Å²) >= 11 is 1.10. The molecule has 0 saturated heterocycles. The average molecular weight is 316 g/mol. The van der Waals surface area contributed by atoms with Gasteiger partial charge in [0.1, 0.15) is 10.8 Å². The van der Waals surface area contributed by atoms with E-state index in [1.54, 1.807) is 24.0 Å². The summed E-state index contributed by atoms with van der Waals surface area (Å²) in [6.45, 7) is 2.50. The highest BCUT2D eigenvalue weighted by molar-refractivity contribution is 7.99. The molecule has 0 aliphatic heterocycles. The molecule has 0 atom stereocenters. The first-order valence-corrected chi connectivity index (χ1v) is 7.20. The first-order chi connectivity index (χ1) is 9.90. The molecule has 21 heavy (non-hydrogen) atoms. The minimum Gasteiger partial charge on any atom is -0.370 e. The summed E-state index contributed by atoms with van der Waals surface area (Å²) < 4.78 is 40.6. The smallest absolute Gasteiger partial charge is 0.370 e. The highest BCUT2D eigenvalue weighted by atomic mass is 32.2. The third-order valence-corrected chi connectivity index (χ3v) is 3.65. The first-order valence-electron chi connectivity index (χ1n) is 6.38. The van der Waals surface area contributed by atoms with Crippen molar-refractivity contribution in [1.82, 2.24) is 14.5 Å². The maximum absolute atomic E-state index is 12.9. The fourth-order valence-electron chi connectivity index (χ4n) is 1.61. The first kappa shape index (κ1) is 15.7. The van der Waals surface area contributed by atoms with Gasteiger partial charge in [-0.05, 0) is 30.3 Å². The lowest BCUT2D eigenvalue weighted by molar-refractivity contribution is -0.137. The standard InChI is InChI=1S/C13H15F3N4S/c1-3-4-17-10-7-9(13(14,15)16)8-11(19-10)21-12-18-5-6-20(12)2/h5-8H,3-4H2,1-2H3,(H,17,19). The van der Waals surface area contributed by atoms with Crippen molar-refractivity contribution in [3.8, 4) is 0 Å². The molecule has 4 nitrogen and oxygen atoms in total. The molecule has 2 rings (SSSR count). The van der Waals surface area contributed by atoms with Crippen LogP contribution < -0.4 is 5.32 Å². The number of imidazole rings is 1. The number of alkyl halides is 3. The van der Waals surface area contributed by atoms with Crippen LogP contribution in [0.3, 0.4) is 0 Å². The Morgan fingerprint density at radius 1 is 1.33 bits per heavy atom. The van der Waals surface area contributed by atoms with Gasteiger partial charge in [-0.25, -0.2) is 9.97 Å². The summed E-state index contributed by atoms with van der Waals surface area (Å²) in [4.78, 5) is 8.28. The molecule has 2 heterocycles. The number of nitrogens with one attached hydrogen (secondary N) is 1. The topological polar surface area (TPSA) is 42.7 Å². The van der Waals surface area contributed by atoms with Crippen molar-refractivity contribution >= 4 is 17.6 Å². The highest BCUT2D eigenvalue weighted by Gasteiger charge is 2.31. The normalized spacial score (nSPS) is 11.7. The molecule has 1 N–H and O–H groups in total. The lowest BCUT2D eigenvalue weighted by Gasteiger charge is -2.12. The van der Waals surface area contributed by atoms with E-state index in [1.807, 2.05) is 6.92 Å². The van der Waals surface area contributed by atoms with Crippen LogP contribution in [0.25, 0.3) is 0 Å². The predicted molar refractivity (Wildman–Crippen MR) is 75.4 cm³/mol. The summed E-state index contributed by atoms with van der Waals surface area (Å²) in [5.74, 6) is 0.225. The SMILES string of the molecule is CCCNc1cc(C(F)(F)F)cc(Sc2nccn2C)n1. The van der Waals surface area contributed by atoms with Crippen molar-refractivity contribution < 1.29 is 13.2 Å². The molecule has 0 fully saturated rings. The Bertz CT molecular complexity index is 610. The van der Waals surface area contributed by atoms with Crippen LogP contribution in [-0.4, -0.2) is 21.1 Å². The van der Waals surface area contributed by atoms with Gasteiger partial charge >= 0.3 is 6.18 Å². The predicted octanol–water partition coefficient (Wildman–Crippen LogP) is 3.81. The van der Waals surface area contributed by atoms with Gasteiger partial charge in [0.05, 0.1) is 5.56 Å². The average Bonchev–Trinajstić information content (AvgIpc) is 2.81. The Morgan fingerprint density at radius 3 is 2.67 bits per heavy atom. The maximum atomic E-state index is 12.9. The molecule has 114 valence electrons. The lowest BCUT2D eigenvalue weighted by Crippen LogP contribution is -2.09. The summed E-state index contributed by atoms with van der Waals surface area (Å²) in [5.41, 5.74) is -0.715. The number of pyridine rings is 1. The number of anilines is 1. The van der Waals surface area contributed by atoms with Crippen molar-refractivity contribution in [1.29, 1.82) is 0 Å². The van der Waals surface area contributed by atoms with Crippen LogP contribution in [0, 0.1) is 0 Å². The fraction of sp³-hybridized carbons (Fsp3) is 0.385. The highest BCUT2D eigenvalue weighted by Crippen LogP contribution is 2.34. The van der Waals surface area contributed by atoms with E-state index >= 15 is 0 Å². The van der Waals surface area contributed by atoms with Gasteiger partial charge in [-0.3, -0.25) is 0 Å². The van der Waals surface area contributed by atoms with Crippen LogP contribution in [0.5, 0.6) is 0 Å². The molecule has 2 aromatic rings. The molecule has 2 aromatic heterocycles. The quantitative estimate of drug-likeness (QED) is 0.911. The maximum Gasteiger partial charge on any atom is 0.416 e. The molecule has 0 unspecified atom stereocenters. The van der Waals surface area contributed by atoms with Gasteiger partial charge in [0.25, 0.3) is 0 Å². The third-order valence-electron chi connectivity index (χ3n) is 2.66. The Labute approximate surface area is 124 Å². The van der Waals surface area contributed by atoms with Crippen LogP contribution in [0.2, 0.25) is 0 Å². The zero-order valence-corrected chi connectivity index (χ0v) is 12.4. The van der Waals surface area contributed by atoms with Gasteiger partial charge in [0, 0.05) is 26.0 Å². The second-order valence-electron chi connectivity index (χ2n) is 4.43. The largest absolute Gasteiger partial charge is 0.416 e. The van der Waals surface area contributed by atoms with Crippen molar-refractivity contribution in [2.24, 2.45) is 7.05 Å². The minimum atomic E-state index is -4.40. The number of rotatable bonds is 5. The molecule has 8 heteroatoms. The Balaban J connectivity index is 2.33. The van der Waals surface area contributed by atoms with Gasteiger partial charge in [-0.2, -0.15) is 13.2 Å². The van der Waals surface area contributed by atoms with Crippen LogP contribution in [0.4, 0.5) is 19.0 Å². The zero-order chi connectivity index (χ0) is 15.5. The van der Waals surface area contributed by atoms with E-state index in [-0.39, 0.29) is 10.8 Å². The Kier molecular flexibility index (Phi) is 4.76. The molecule has 0 saturated carbocycles.